The van der Waals surface area contributed by atoms with E-state index in [0.717, 1.165) is 37.8 Å². The molecule has 0 spiro atoms. The van der Waals surface area contributed by atoms with Crippen LogP contribution in [0.4, 0.5) is 14.5 Å². The summed E-state index contributed by atoms with van der Waals surface area (Å²) in [5.74, 6) is -1.56. The molecule has 20 heavy (non-hydrogen) atoms. The van der Waals surface area contributed by atoms with Crippen molar-refractivity contribution >= 4 is 27.5 Å². The molecule has 6 heteroatoms. The Hall–Kier alpha value is -1.17. The molecule has 3 nitrogen and oxygen atoms in total. The highest BCUT2D eigenvalue weighted by Gasteiger charge is 2.22. The minimum absolute atomic E-state index is 0.0977. The van der Waals surface area contributed by atoms with Gasteiger partial charge < -0.3 is 10.6 Å². The van der Waals surface area contributed by atoms with Crippen molar-refractivity contribution in [2.24, 2.45) is 0 Å². The second kappa shape index (κ2) is 6.52. The van der Waals surface area contributed by atoms with Crippen molar-refractivity contribution in [3.05, 3.63) is 28.2 Å². The molecule has 1 aliphatic carbocycles. The zero-order valence-electron chi connectivity index (χ0n) is 11.2. The molecule has 0 saturated heterocycles. The van der Waals surface area contributed by atoms with E-state index in [4.69, 9.17) is 0 Å². The first-order valence-corrected chi connectivity index (χ1v) is 7.48. The SMILES string of the molecule is CC(Nc1c(F)cc(F)cc1Br)C(=O)NC1CCCC1. The van der Waals surface area contributed by atoms with Gasteiger partial charge in [0.05, 0.1) is 5.69 Å². The van der Waals surface area contributed by atoms with E-state index < -0.39 is 17.7 Å². The van der Waals surface area contributed by atoms with Gasteiger partial charge in [0.1, 0.15) is 17.7 Å². The summed E-state index contributed by atoms with van der Waals surface area (Å²) in [6.07, 6.45) is 4.25. The lowest BCUT2D eigenvalue weighted by Crippen LogP contribution is -2.42. The van der Waals surface area contributed by atoms with Gasteiger partial charge in [-0.2, -0.15) is 0 Å². The maximum absolute atomic E-state index is 13.7. The number of hydrogen-bond acceptors (Lipinski definition) is 2. The first-order valence-electron chi connectivity index (χ1n) is 6.69. The molecule has 0 aliphatic heterocycles. The maximum atomic E-state index is 13.7. The molecule has 0 aromatic heterocycles. The topological polar surface area (TPSA) is 41.1 Å². The van der Waals surface area contributed by atoms with E-state index in [0.29, 0.717) is 0 Å². The number of rotatable bonds is 4. The van der Waals surface area contributed by atoms with Crippen LogP contribution in [0.15, 0.2) is 16.6 Å². The molecule has 1 unspecified atom stereocenters. The average molecular weight is 347 g/mol. The summed E-state index contributed by atoms with van der Waals surface area (Å²) in [6.45, 7) is 1.65. The molecule has 1 aliphatic rings. The summed E-state index contributed by atoms with van der Waals surface area (Å²) in [5.41, 5.74) is 0.0977. The quantitative estimate of drug-likeness (QED) is 0.874. The van der Waals surface area contributed by atoms with E-state index in [1.807, 2.05) is 0 Å². The van der Waals surface area contributed by atoms with Crippen LogP contribution in [-0.2, 0) is 4.79 Å². The Kier molecular flexibility index (Phi) is 4.96. The Bertz CT molecular complexity index is 481. The van der Waals surface area contributed by atoms with E-state index >= 15 is 0 Å². The van der Waals surface area contributed by atoms with E-state index in [-0.39, 0.29) is 22.1 Å². The lowest BCUT2D eigenvalue weighted by molar-refractivity contribution is -0.122. The van der Waals surface area contributed by atoms with Crippen molar-refractivity contribution in [3.8, 4) is 0 Å². The number of carbonyl (C=O) groups excluding carboxylic acids is 1. The van der Waals surface area contributed by atoms with Gasteiger partial charge >= 0.3 is 0 Å². The molecule has 2 rings (SSSR count). The molecule has 2 N–H and O–H groups in total. The molecular formula is C14H17BrF2N2O. The number of benzene rings is 1. The third kappa shape index (κ3) is 3.69. The highest BCUT2D eigenvalue weighted by atomic mass is 79.9. The molecule has 1 atom stereocenters. The van der Waals surface area contributed by atoms with Crippen molar-refractivity contribution in [2.45, 2.75) is 44.7 Å². The van der Waals surface area contributed by atoms with Gasteiger partial charge in [0, 0.05) is 16.6 Å². The molecule has 1 aromatic rings. The number of carbonyl (C=O) groups is 1. The highest BCUT2D eigenvalue weighted by molar-refractivity contribution is 9.10. The Morgan fingerprint density at radius 1 is 1.35 bits per heavy atom. The Labute approximate surface area is 125 Å². The summed E-state index contributed by atoms with van der Waals surface area (Å²) in [7, 11) is 0. The predicted molar refractivity (Wildman–Crippen MR) is 77.5 cm³/mol. The van der Waals surface area contributed by atoms with Gasteiger partial charge in [0.2, 0.25) is 5.91 Å². The molecule has 1 fully saturated rings. The van der Waals surface area contributed by atoms with Crippen LogP contribution in [0.1, 0.15) is 32.6 Å². The van der Waals surface area contributed by atoms with Crippen molar-refractivity contribution in [2.75, 3.05) is 5.32 Å². The average Bonchev–Trinajstić information content (AvgIpc) is 2.86. The van der Waals surface area contributed by atoms with Gasteiger partial charge in [-0.3, -0.25) is 4.79 Å². The molecule has 0 radical (unpaired) electrons. The van der Waals surface area contributed by atoms with Crippen LogP contribution in [0.25, 0.3) is 0 Å². The van der Waals surface area contributed by atoms with Crippen LogP contribution in [-0.4, -0.2) is 18.0 Å². The Morgan fingerprint density at radius 2 is 2.00 bits per heavy atom. The number of nitrogens with one attached hydrogen (secondary N) is 2. The van der Waals surface area contributed by atoms with Crippen LogP contribution in [0, 0.1) is 11.6 Å². The fourth-order valence-electron chi connectivity index (χ4n) is 2.36. The molecule has 110 valence electrons. The van der Waals surface area contributed by atoms with Crippen molar-refractivity contribution in [1.29, 1.82) is 0 Å². The summed E-state index contributed by atoms with van der Waals surface area (Å²) < 4.78 is 26.9. The van der Waals surface area contributed by atoms with Crippen molar-refractivity contribution < 1.29 is 13.6 Å². The highest BCUT2D eigenvalue weighted by Crippen LogP contribution is 2.27. The lowest BCUT2D eigenvalue weighted by atomic mass is 10.2. The fourth-order valence-corrected chi connectivity index (χ4v) is 2.88. The van der Waals surface area contributed by atoms with Crippen molar-refractivity contribution in [3.63, 3.8) is 0 Å². The smallest absolute Gasteiger partial charge is 0.242 e. The predicted octanol–water partition coefficient (Wildman–Crippen LogP) is 3.59. The zero-order chi connectivity index (χ0) is 14.7. The van der Waals surface area contributed by atoms with Crippen LogP contribution in [0.5, 0.6) is 0 Å². The number of halogens is 3. The van der Waals surface area contributed by atoms with E-state index in [2.05, 4.69) is 26.6 Å². The second-order valence-electron chi connectivity index (χ2n) is 5.10. The Balaban J connectivity index is 2.00. The second-order valence-corrected chi connectivity index (χ2v) is 5.95. The van der Waals surface area contributed by atoms with Gasteiger partial charge in [-0.1, -0.05) is 12.8 Å². The summed E-state index contributed by atoms with van der Waals surface area (Å²) in [4.78, 5) is 12.0. The first kappa shape index (κ1) is 15.2. The largest absolute Gasteiger partial charge is 0.371 e. The standard InChI is InChI=1S/C14H17BrF2N2O/c1-8(14(20)19-10-4-2-3-5-10)18-13-11(15)6-9(16)7-12(13)17/h6-8,10,18H,2-5H2,1H3,(H,19,20). The molecule has 0 heterocycles. The van der Waals surface area contributed by atoms with Gasteiger partial charge in [0.15, 0.2) is 0 Å². The summed E-state index contributed by atoms with van der Waals surface area (Å²) in [6, 6.07) is 1.57. The normalized spacial score (nSPS) is 17.0. The fraction of sp³-hybridized carbons (Fsp3) is 0.500. The third-order valence-corrected chi connectivity index (χ3v) is 4.09. The number of amides is 1. The van der Waals surface area contributed by atoms with Gasteiger partial charge in [-0.25, -0.2) is 8.78 Å². The summed E-state index contributed by atoms with van der Waals surface area (Å²) in [5, 5.41) is 5.71. The Morgan fingerprint density at radius 3 is 2.60 bits per heavy atom. The van der Waals surface area contributed by atoms with Crippen molar-refractivity contribution in [1.82, 2.24) is 5.32 Å². The molecule has 1 saturated carbocycles. The third-order valence-electron chi connectivity index (χ3n) is 3.46. The number of hydrogen-bond donors (Lipinski definition) is 2. The summed E-state index contributed by atoms with van der Waals surface area (Å²) >= 11 is 3.09. The molecule has 0 bridgehead atoms. The minimum atomic E-state index is -0.725. The molecule has 1 amide bonds. The molecule has 1 aromatic carbocycles. The molecular weight excluding hydrogens is 330 g/mol. The van der Waals surface area contributed by atoms with Gasteiger partial charge in [-0.15, -0.1) is 0 Å². The van der Waals surface area contributed by atoms with Crippen LogP contribution in [0.2, 0.25) is 0 Å². The monoisotopic (exact) mass is 346 g/mol. The minimum Gasteiger partial charge on any atom is -0.371 e. The van der Waals surface area contributed by atoms with Crippen LogP contribution < -0.4 is 10.6 Å². The zero-order valence-corrected chi connectivity index (χ0v) is 12.8. The van der Waals surface area contributed by atoms with Gasteiger partial charge in [-0.05, 0) is 41.8 Å². The number of anilines is 1. The first-order chi connectivity index (χ1) is 9.47. The van der Waals surface area contributed by atoms with E-state index in [9.17, 15) is 13.6 Å². The maximum Gasteiger partial charge on any atom is 0.242 e. The lowest BCUT2D eigenvalue weighted by Gasteiger charge is -2.19. The van der Waals surface area contributed by atoms with Crippen LogP contribution in [0.3, 0.4) is 0 Å². The van der Waals surface area contributed by atoms with Gasteiger partial charge in [0.25, 0.3) is 0 Å². The van der Waals surface area contributed by atoms with E-state index in [1.54, 1.807) is 6.92 Å². The van der Waals surface area contributed by atoms with E-state index in [1.165, 1.54) is 0 Å². The van der Waals surface area contributed by atoms with Crippen LogP contribution >= 0.6 is 15.9 Å².